The van der Waals surface area contributed by atoms with Crippen molar-refractivity contribution in [2.45, 2.75) is 19.4 Å². The zero-order valence-corrected chi connectivity index (χ0v) is 21.4. The van der Waals surface area contributed by atoms with Crippen LogP contribution in [-0.2, 0) is 4.79 Å². The first-order valence-corrected chi connectivity index (χ1v) is 12.7. The number of benzene rings is 1. The van der Waals surface area contributed by atoms with Crippen molar-refractivity contribution in [1.29, 1.82) is 0 Å². The summed E-state index contributed by atoms with van der Waals surface area (Å²) >= 11 is 0. The van der Waals surface area contributed by atoms with Crippen LogP contribution < -0.4 is 15.1 Å². The maximum absolute atomic E-state index is 12.3. The Kier molecular flexibility index (Phi) is 6.82. The van der Waals surface area contributed by atoms with Crippen molar-refractivity contribution in [2.24, 2.45) is 5.92 Å². The molecule has 5 rings (SSSR count). The second-order valence-corrected chi connectivity index (χ2v) is 10.0. The Morgan fingerprint density at radius 2 is 1.89 bits per heavy atom. The van der Waals surface area contributed by atoms with Crippen molar-refractivity contribution in [3.8, 4) is 0 Å². The molecule has 0 bridgehead atoms. The van der Waals surface area contributed by atoms with Gasteiger partial charge in [0.05, 0.1) is 11.4 Å². The molecule has 4 heterocycles. The number of amides is 1. The molecular formula is C27H36N8O. The Labute approximate surface area is 212 Å². The molecule has 2 fully saturated rings. The van der Waals surface area contributed by atoms with Gasteiger partial charge in [0.1, 0.15) is 11.5 Å². The number of piperidine rings is 1. The second-order valence-electron chi connectivity index (χ2n) is 10.0. The third-order valence-corrected chi connectivity index (χ3v) is 7.62. The maximum Gasteiger partial charge on any atom is 0.246 e. The first-order valence-electron chi connectivity index (χ1n) is 12.7. The lowest BCUT2D eigenvalue weighted by atomic mass is 9.92. The number of nitrogens with zero attached hydrogens (tertiary/aromatic N) is 6. The molecule has 0 spiro atoms. The molecule has 2 aliphatic heterocycles. The average molecular weight is 489 g/mol. The molecule has 2 saturated heterocycles. The summed E-state index contributed by atoms with van der Waals surface area (Å²) in [6.07, 6.45) is 4.24. The maximum atomic E-state index is 12.3. The van der Waals surface area contributed by atoms with Crippen LogP contribution >= 0.6 is 0 Å². The van der Waals surface area contributed by atoms with Crippen LogP contribution in [0.5, 0.6) is 0 Å². The zero-order chi connectivity index (χ0) is 25.2. The predicted octanol–water partition coefficient (Wildman–Crippen LogP) is 3.31. The van der Waals surface area contributed by atoms with Crippen molar-refractivity contribution >= 4 is 40.1 Å². The monoisotopic (exact) mass is 488 g/mol. The van der Waals surface area contributed by atoms with Gasteiger partial charge in [-0.15, -0.1) is 0 Å². The second kappa shape index (κ2) is 10.2. The van der Waals surface area contributed by atoms with Crippen LogP contribution in [0.1, 0.15) is 13.3 Å². The first-order chi connectivity index (χ1) is 17.4. The molecule has 36 heavy (non-hydrogen) atoms. The molecule has 2 aromatic heterocycles. The molecular weight excluding hydrogens is 452 g/mol. The summed E-state index contributed by atoms with van der Waals surface area (Å²) in [6, 6.07) is 10.6. The average Bonchev–Trinajstić information content (AvgIpc) is 3.37. The summed E-state index contributed by atoms with van der Waals surface area (Å²) in [5.41, 5.74) is 2.96. The van der Waals surface area contributed by atoms with E-state index in [9.17, 15) is 4.79 Å². The quantitative estimate of drug-likeness (QED) is 0.515. The van der Waals surface area contributed by atoms with Crippen molar-refractivity contribution in [1.82, 2.24) is 24.8 Å². The molecule has 2 atom stereocenters. The van der Waals surface area contributed by atoms with E-state index >= 15 is 0 Å². The van der Waals surface area contributed by atoms with Gasteiger partial charge in [0.2, 0.25) is 11.9 Å². The van der Waals surface area contributed by atoms with E-state index in [4.69, 9.17) is 9.97 Å². The molecule has 2 aliphatic rings. The Morgan fingerprint density at radius 3 is 2.61 bits per heavy atom. The van der Waals surface area contributed by atoms with Crippen LogP contribution in [0, 0.1) is 5.92 Å². The highest BCUT2D eigenvalue weighted by atomic mass is 16.2. The van der Waals surface area contributed by atoms with E-state index < -0.39 is 0 Å². The largest absolute Gasteiger partial charge is 0.369 e. The normalized spacial score (nSPS) is 21.0. The molecule has 0 radical (unpaired) electrons. The molecule has 9 heteroatoms. The number of carbonyl (C=O) groups excluding carboxylic acids is 1. The lowest BCUT2D eigenvalue weighted by Crippen LogP contribution is -2.52. The molecule has 1 aromatic carbocycles. The minimum atomic E-state index is -0.0165. The topological polar surface area (TPSA) is 83.6 Å². The van der Waals surface area contributed by atoms with Crippen LogP contribution in [0.15, 0.2) is 49.2 Å². The predicted molar refractivity (Wildman–Crippen MR) is 146 cm³/mol. The van der Waals surface area contributed by atoms with Gasteiger partial charge in [0, 0.05) is 63.9 Å². The van der Waals surface area contributed by atoms with E-state index in [1.807, 2.05) is 17.2 Å². The fraction of sp³-hybridized carbons (Fsp3) is 0.444. The molecule has 0 saturated carbocycles. The van der Waals surface area contributed by atoms with Crippen molar-refractivity contribution < 1.29 is 4.79 Å². The summed E-state index contributed by atoms with van der Waals surface area (Å²) < 4.78 is 0. The van der Waals surface area contributed by atoms with Gasteiger partial charge in [-0.2, -0.15) is 9.97 Å². The van der Waals surface area contributed by atoms with Crippen LogP contribution in [0.25, 0.3) is 11.0 Å². The standard InChI is InChI=1S/C27H36N8O/c1-5-24(36)35-13-11-19(2)23(18-35)33(4)26-22-10-12-28-25(22)30-27(31-26)29-20-6-8-21(9-7-20)34-16-14-32(3)15-17-34/h5-10,12,19,23H,1,11,13-18H2,2-4H3,(H2,28,29,30,31)/t19-,23?/m1/s1. The molecule has 1 unspecified atom stereocenters. The fourth-order valence-corrected chi connectivity index (χ4v) is 5.24. The van der Waals surface area contributed by atoms with Gasteiger partial charge >= 0.3 is 0 Å². The highest BCUT2D eigenvalue weighted by Crippen LogP contribution is 2.31. The highest BCUT2D eigenvalue weighted by Gasteiger charge is 2.32. The van der Waals surface area contributed by atoms with Crippen molar-refractivity contribution in [2.75, 3.05) is 68.5 Å². The minimum absolute atomic E-state index is 0.0165. The number of fused-ring (bicyclic) bond motifs is 1. The lowest BCUT2D eigenvalue weighted by Gasteiger charge is -2.42. The van der Waals surface area contributed by atoms with Crippen LogP contribution in [0.3, 0.4) is 0 Å². The van der Waals surface area contributed by atoms with E-state index in [1.54, 1.807) is 0 Å². The van der Waals surface area contributed by atoms with Crippen molar-refractivity contribution in [3.63, 3.8) is 0 Å². The number of anilines is 4. The SMILES string of the molecule is C=CC(=O)N1CC[C@@H](C)C(N(C)c2nc(Nc3ccc(N4CCN(C)CC4)cc3)nc3[nH]ccc23)C1. The molecule has 9 nitrogen and oxygen atoms in total. The number of hydrogen-bond acceptors (Lipinski definition) is 7. The van der Waals surface area contributed by atoms with Crippen LogP contribution in [0.2, 0.25) is 0 Å². The number of nitrogens with one attached hydrogen (secondary N) is 2. The number of carbonyl (C=O) groups is 1. The number of H-pyrrole nitrogens is 1. The number of likely N-dealkylation sites (N-methyl/N-ethyl adjacent to an activating group) is 2. The van der Waals surface area contributed by atoms with E-state index in [2.05, 4.69) is 76.9 Å². The Balaban J connectivity index is 1.37. The van der Waals surface area contributed by atoms with E-state index in [0.717, 1.165) is 61.7 Å². The summed E-state index contributed by atoms with van der Waals surface area (Å²) in [6.45, 7) is 11.6. The Morgan fingerprint density at radius 1 is 1.14 bits per heavy atom. The molecule has 190 valence electrons. The number of likely N-dealkylation sites (tertiary alicyclic amines) is 1. The number of aromatic nitrogens is 3. The fourth-order valence-electron chi connectivity index (χ4n) is 5.24. The number of piperazine rings is 1. The van der Waals surface area contributed by atoms with Gasteiger partial charge < -0.3 is 29.9 Å². The number of aromatic amines is 1. The molecule has 0 aliphatic carbocycles. The molecule has 2 N–H and O–H groups in total. The highest BCUT2D eigenvalue weighted by molar-refractivity contribution is 5.89. The van der Waals surface area contributed by atoms with Gasteiger partial charge in [0.15, 0.2) is 0 Å². The summed E-state index contributed by atoms with van der Waals surface area (Å²) in [7, 11) is 4.23. The van der Waals surface area contributed by atoms with E-state index in [-0.39, 0.29) is 11.9 Å². The third kappa shape index (κ3) is 4.88. The van der Waals surface area contributed by atoms with Crippen molar-refractivity contribution in [3.05, 3.63) is 49.2 Å². The van der Waals surface area contributed by atoms with Gasteiger partial charge in [-0.3, -0.25) is 4.79 Å². The number of hydrogen-bond donors (Lipinski definition) is 2. The van der Waals surface area contributed by atoms with Crippen LogP contribution in [0.4, 0.5) is 23.1 Å². The van der Waals surface area contributed by atoms with E-state index in [1.165, 1.54) is 11.8 Å². The lowest BCUT2D eigenvalue weighted by molar-refractivity contribution is -0.127. The molecule has 1 amide bonds. The van der Waals surface area contributed by atoms with Crippen LogP contribution in [-0.4, -0.2) is 90.1 Å². The Hall–Kier alpha value is -3.59. The smallest absolute Gasteiger partial charge is 0.246 e. The van der Waals surface area contributed by atoms with Gasteiger partial charge in [-0.25, -0.2) is 0 Å². The van der Waals surface area contributed by atoms with Gasteiger partial charge in [-0.1, -0.05) is 13.5 Å². The minimum Gasteiger partial charge on any atom is -0.369 e. The summed E-state index contributed by atoms with van der Waals surface area (Å²) in [5, 5.41) is 4.36. The van der Waals surface area contributed by atoms with E-state index in [0.29, 0.717) is 18.4 Å². The Bertz CT molecular complexity index is 1210. The number of rotatable bonds is 6. The third-order valence-electron chi connectivity index (χ3n) is 7.62. The summed E-state index contributed by atoms with van der Waals surface area (Å²) in [5.74, 6) is 1.80. The summed E-state index contributed by atoms with van der Waals surface area (Å²) in [4.78, 5) is 34.0. The van der Waals surface area contributed by atoms with Gasteiger partial charge in [-0.05, 0) is 55.8 Å². The molecule has 3 aromatic rings. The first kappa shape index (κ1) is 24.1. The zero-order valence-electron chi connectivity index (χ0n) is 21.4. The van der Waals surface area contributed by atoms with Gasteiger partial charge in [0.25, 0.3) is 0 Å².